The van der Waals surface area contributed by atoms with Gasteiger partial charge in [-0.25, -0.2) is 8.42 Å². The Balaban J connectivity index is 2.95. The van der Waals surface area contributed by atoms with E-state index in [1.165, 1.54) is 4.31 Å². The third kappa shape index (κ3) is 4.78. The number of ether oxygens (including phenoxy) is 1. The third-order valence-electron chi connectivity index (χ3n) is 3.41. The summed E-state index contributed by atoms with van der Waals surface area (Å²) >= 11 is 0. The van der Waals surface area contributed by atoms with E-state index in [4.69, 9.17) is 10.5 Å². The summed E-state index contributed by atoms with van der Waals surface area (Å²) in [4.78, 5) is 0.323. The van der Waals surface area contributed by atoms with Crippen LogP contribution in [0.5, 0.6) is 0 Å². The molecule has 0 amide bonds. The maximum atomic E-state index is 12.7. The van der Waals surface area contributed by atoms with Gasteiger partial charge in [-0.2, -0.15) is 4.31 Å². The second-order valence-corrected chi connectivity index (χ2v) is 6.94. The van der Waals surface area contributed by atoms with Crippen LogP contribution in [-0.4, -0.2) is 45.6 Å². The van der Waals surface area contributed by atoms with Gasteiger partial charge in [-0.05, 0) is 44.0 Å². The van der Waals surface area contributed by atoms with Crippen molar-refractivity contribution in [2.45, 2.75) is 37.6 Å². The molecule has 0 spiro atoms. The van der Waals surface area contributed by atoms with Crippen molar-refractivity contribution in [3.05, 3.63) is 29.8 Å². The summed E-state index contributed by atoms with van der Waals surface area (Å²) in [6.45, 7) is 5.11. The van der Waals surface area contributed by atoms with Crippen LogP contribution < -0.4 is 5.73 Å². The molecule has 1 aromatic rings. The van der Waals surface area contributed by atoms with Crippen molar-refractivity contribution < 1.29 is 13.2 Å². The molecule has 1 rings (SSSR count). The number of rotatable bonds is 9. The smallest absolute Gasteiger partial charge is 0.243 e. The van der Waals surface area contributed by atoms with Crippen molar-refractivity contribution in [2.24, 2.45) is 5.73 Å². The second kappa shape index (κ2) is 8.48. The number of aryl methyl sites for hydroxylation is 1. The van der Waals surface area contributed by atoms with Gasteiger partial charge in [0.2, 0.25) is 10.0 Å². The lowest BCUT2D eigenvalue weighted by atomic mass is 10.1. The molecule has 0 heterocycles. The Labute approximate surface area is 128 Å². The minimum atomic E-state index is -3.48. The summed E-state index contributed by atoms with van der Waals surface area (Å²) in [7, 11) is -1.91. The quantitative estimate of drug-likeness (QED) is 0.752. The van der Waals surface area contributed by atoms with Crippen LogP contribution in [0.3, 0.4) is 0 Å². The van der Waals surface area contributed by atoms with Gasteiger partial charge in [-0.15, -0.1) is 0 Å². The van der Waals surface area contributed by atoms with Crippen molar-refractivity contribution in [1.82, 2.24) is 4.31 Å². The maximum absolute atomic E-state index is 12.7. The first kappa shape index (κ1) is 18.1. The zero-order valence-electron chi connectivity index (χ0n) is 13.1. The molecule has 5 nitrogen and oxygen atoms in total. The molecule has 0 aromatic heterocycles. The average molecular weight is 314 g/mol. The van der Waals surface area contributed by atoms with Gasteiger partial charge < -0.3 is 10.5 Å². The lowest BCUT2D eigenvalue weighted by molar-refractivity contribution is 0.142. The maximum Gasteiger partial charge on any atom is 0.243 e. The van der Waals surface area contributed by atoms with Crippen LogP contribution in [0.1, 0.15) is 25.8 Å². The predicted molar refractivity (Wildman–Crippen MR) is 84.7 cm³/mol. The van der Waals surface area contributed by atoms with Gasteiger partial charge >= 0.3 is 0 Å². The highest BCUT2D eigenvalue weighted by Crippen LogP contribution is 2.19. The standard InChI is InChI=1S/C15H26N2O3S/c1-4-17(13(2)12-20-3)21(18,19)15-9-7-14(8-10-15)6-5-11-16/h7-10,13H,4-6,11-12,16H2,1-3H3. The van der Waals surface area contributed by atoms with Gasteiger partial charge in [0.25, 0.3) is 0 Å². The molecule has 0 radical (unpaired) electrons. The first-order valence-electron chi connectivity index (χ1n) is 7.27. The first-order valence-corrected chi connectivity index (χ1v) is 8.71. The molecule has 120 valence electrons. The average Bonchev–Trinajstić information content (AvgIpc) is 2.46. The van der Waals surface area contributed by atoms with E-state index in [0.29, 0.717) is 24.6 Å². The van der Waals surface area contributed by atoms with E-state index >= 15 is 0 Å². The third-order valence-corrected chi connectivity index (χ3v) is 5.51. The van der Waals surface area contributed by atoms with Crippen molar-refractivity contribution in [3.8, 4) is 0 Å². The largest absolute Gasteiger partial charge is 0.383 e. The highest BCUT2D eigenvalue weighted by molar-refractivity contribution is 7.89. The molecule has 0 saturated heterocycles. The minimum absolute atomic E-state index is 0.193. The number of hydrogen-bond donors (Lipinski definition) is 1. The molecule has 0 fully saturated rings. The van der Waals surface area contributed by atoms with Crippen LogP contribution in [0.15, 0.2) is 29.2 Å². The van der Waals surface area contributed by atoms with Gasteiger partial charge in [-0.3, -0.25) is 0 Å². The monoisotopic (exact) mass is 314 g/mol. The van der Waals surface area contributed by atoms with E-state index in [9.17, 15) is 8.42 Å². The van der Waals surface area contributed by atoms with E-state index in [1.807, 2.05) is 26.0 Å². The van der Waals surface area contributed by atoms with Crippen molar-refractivity contribution >= 4 is 10.0 Å². The molecule has 21 heavy (non-hydrogen) atoms. The van der Waals surface area contributed by atoms with E-state index in [0.717, 1.165) is 18.4 Å². The zero-order valence-corrected chi connectivity index (χ0v) is 13.9. The number of likely N-dealkylation sites (N-methyl/N-ethyl adjacent to an activating group) is 1. The van der Waals surface area contributed by atoms with E-state index in [2.05, 4.69) is 0 Å². The summed E-state index contributed by atoms with van der Waals surface area (Å²) in [6.07, 6.45) is 1.77. The predicted octanol–water partition coefficient (Wildman–Crippen LogP) is 1.62. The number of benzene rings is 1. The Hall–Kier alpha value is -0.950. The van der Waals surface area contributed by atoms with Gasteiger partial charge in [0.05, 0.1) is 11.5 Å². The molecule has 0 aliphatic heterocycles. The number of methoxy groups -OCH3 is 1. The van der Waals surface area contributed by atoms with Crippen molar-refractivity contribution in [2.75, 3.05) is 26.8 Å². The van der Waals surface area contributed by atoms with Crippen LogP contribution in [0.4, 0.5) is 0 Å². The van der Waals surface area contributed by atoms with Crippen LogP contribution in [0.2, 0.25) is 0 Å². The summed E-state index contributed by atoms with van der Waals surface area (Å²) in [5.41, 5.74) is 6.58. The molecule has 1 unspecified atom stereocenters. The Morgan fingerprint density at radius 1 is 1.29 bits per heavy atom. The van der Waals surface area contributed by atoms with Crippen LogP contribution >= 0.6 is 0 Å². The Morgan fingerprint density at radius 3 is 2.38 bits per heavy atom. The fourth-order valence-corrected chi connectivity index (χ4v) is 3.94. The highest BCUT2D eigenvalue weighted by Gasteiger charge is 2.27. The fourth-order valence-electron chi connectivity index (χ4n) is 2.31. The normalized spacial score (nSPS) is 13.6. The Kier molecular flexibility index (Phi) is 7.31. The number of sulfonamides is 1. The van der Waals surface area contributed by atoms with E-state index in [1.54, 1.807) is 19.2 Å². The van der Waals surface area contributed by atoms with Crippen LogP contribution in [0, 0.1) is 0 Å². The number of nitrogens with two attached hydrogens (primary N) is 1. The Bertz CT molecular complexity index is 514. The summed E-state index contributed by atoms with van der Waals surface area (Å²) in [5, 5.41) is 0. The Morgan fingerprint density at radius 2 is 1.90 bits per heavy atom. The molecule has 0 saturated carbocycles. The molecule has 2 N–H and O–H groups in total. The lowest BCUT2D eigenvalue weighted by Gasteiger charge is -2.26. The number of hydrogen-bond acceptors (Lipinski definition) is 4. The first-order chi connectivity index (χ1) is 9.97. The minimum Gasteiger partial charge on any atom is -0.383 e. The molecule has 0 aliphatic rings. The molecule has 0 bridgehead atoms. The van der Waals surface area contributed by atoms with Crippen LogP contribution in [-0.2, 0) is 21.2 Å². The van der Waals surface area contributed by atoms with Gasteiger partial charge in [-0.1, -0.05) is 19.1 Å². The molecular formula is C15H26N2O3S. The zero-order chi connectivity index (χ0) is 15.9. The number of nitrogens with zero attached hydrogens (tertiary/aromatic N) is 1. The lowest BCUT2D eigenvalue weighted by Crippen LogP contribution is -2.40. The second-order valence-electron chi connectivity index (χ2n) is 5.05. The molecule has 6 heteroatoms. The van der Waals surface area contributed by atoms with Gasteiger partial charge in [0.15, 0.2) is 0 Å². The topological polar surface area (TPSA) is 72.6 Å². The van der Waals surface area contributed by atoms with Gasteiger partial charge in [0.1, 0.15) is 0 Å². The van der Waals surface area contributed by atoms with Gasteiger partial charge in [0, 0.05) is 19.7 Å². The summed E-state index contributed by atoms with van der Waals surface area (Å²) < 4.78 is 31.8. The SMILES string of the molecule is CCN(C(C)COC)S(=O)(=O)c1ccc(CCCN)cc1. The van der Waals surface area contributed by atoms with Crippen LogP contribution in [0.25, 0.3) is 0 Å². The fraction of sp³-hybridized carbons (Fsp3) is 0.600. The van der Waals surface area contributed by atoms with Crippen molar-refractivity contribution in [3.63, 3.8) is 0 Å². The highest BCUT2D eigenvalue weighted by atomic mass is 32.2. The summed E-state index contributed by atoms with van der Waals surface area (Å²) in [5.74, 6) is 0. The molecule has 1 atom stereocenters. The summed E-state index contributed by atoms with van der Waals surface area (Å²) in [6, 6.07) is 6.86. The van der Waals surface area contributed by atoms with Crippen molar-refractivity contribution in [1.29, 1.82) is 0 Å². The molecular weight excluding hydrogens is 288 g/mol. The molecule has 1 aromatic carbocycles. The van der Waals surface area contributed by atoms with E-state index < -0.39 is 10.0 Å². The molecule has 0 aliphatic carbocycles. The van der Waals surface area contributed by atoms with E-state index in [-0.39, 0.29) is 6.04 Å².